The van der Waals surface area contributed by atoms with Gasteiger partial charge in [0.15, 0.2) is 5.51 Å². The quantitative estimate of drug-likeness (QED) is 0.722. The minimum atomic E-state index is 0.656. The molecule has 0 saturated heterocycles. The molecule has 0 bridgehead atoms. The minimum absolute atomic E-state index is 0.656. The van der Waals surface area contributed by atoms with Crippen LogP contribution in [0.15, 0.2) is 23.6 Å². The maximum Gasteiger partial charge on any atom is 0.152 e. The number of benzene rings is 1. The van der Waals surface area contributed by atoms with Gasteiger partial charge in [0.1, 0.15) is 0 Å². The number of halogens is 2. The van der Waals surface area contributed by atoms with E-state index in [2.05, 4.69) is 10.5 Å². The molecular weight excluding hydrogens is 225 g/mol. The Kier molecular flexibility index (Phi) is 2.54. The van der Waals surface area contributed by atoms with Gasteiger partial charge in [-0.1, -0.05) is 23.2 Å². The Labute approximate surface area is 90.0 Å². The molecule has 0 N–H and O–H groups in total. The molecule has 0 atom stereocenters. The first-order valence-corrected chi connectivity index (χ1v) is 5.18. The largest absolute Gasteiger partial charge is 0.233 e. The molecule has 13 heavy (non-hydrogen) atoms. The SMILES string of the molecule is Clc1ccc(Cl)c(-c2cs[c]n2)c1. The van der Waals surface area contributed by atoms with Gasteiger partial charge in [0.2, 0.25) is 0 Å². The lowest BCUT2D eigenvalue weighted by molar-refractivity contribution is 1.40. The highest BCUT2D eigenvalue weighted by Crippen LogP contribution is 2.29. The Bertz CT molecular complexity index is 412. The van der Waals surface area contributed by atoms with E-state index in [1.165, 1.54) is 11.3 Å². The summed E-state index contributed by atoms with van der Waals surface area (Å²) in [7, 11) is 0. The lowest BCUT2D eigenvalue weighted by Gasteiger charge is -2.00. The van der Waals surface area contributed by atoms with Crippen LogP contribution in [0.4, 0.5) is 0 Å². The number of hydrogen-bond acceptors (Lipinski definition) is 2. The molecule has 0 fully saturated rings. The van der Waals surface area contributed by atoms with Crippen LogP contribution in [0.2, 0.25) is 10.0 Å². The summed E-state index contributed by atoms with van der Waals surface area (Å²) in [6, 6.07) is 5.31. The first kappa shape index (κ1) is 9.00. The first-order chi connectivity index (χ1) is 6.27. The zero-order chi connectivity index (χ0) is 9.26. The lowest BCUT2D eigenvalue weighted by Crippen LogP contribution is -1.78. The third kappa shape index (κ3) is 1.85. The molecule has 0 spiro atoms. The molecule has 1 nitrogen and oxygen atoms in total. The highest BCUT2D eigenvalue weighted by atomic mass is 35.5. The summed E-state index contributed by atoms with van der Waals surface area (Å²) in [6.07, 6.45) is 0. The molecule has 1 aromatic carbocycles. The summed E-state index contributed by atoms with van der Waals surface area (Å²) in [5.74, 6) is 0. The second-order valence-corrected chi connectivity index (χ2v) is 3.95. The van der Waals surface area contributed by atoms with Gasteiger partial charge in [0.05, 0.1) is 10.7 Å². The molecule has 0 saturated carbocycles. The summed E-state index contributed by atoms with van der Waals surface area (Å²) < 4.78 is 0. The molecule has 65 valence electrons. The van der Waals surface area contributed by atoms with E-state index in [0.717, 1.165) is 11.3 Å². The Balaban J connectivity index is 2.57. The van der Waals surface area contributed by atoms with Crippen molar-refractivity contribution in [1.82, 2.24) is 4.98 Å². The van der Waals surface area contributed by atoms with Gasteiger partial charge in [0, 0.05) is 16.0 Å². The predicted molar refractivity (Wildman–Crippen MR) is 56.4 cm³/mol. The monoisotopic (exact) mass is 228 g/mol. The van der Waals surface area contributed by atoms with E-state index < -0.39 is 0 Å². The Hall–Kier alpha value is -0.570. The van der Waals surface area contributed by atoms with Gasteiger partial charge in [-0.3, -0.25) is 0 Å². The third-order valence-electron chi connectivity index (χ3n) is 1.59. The molecule has 0 aliphatic carbocycles. The van der Waals surface area contributed by atoms with Crippen LogP contribution in [0.25, 0.3) is 11.3 Å². The number of thiazole rings is 1. The summed E-state index contributed by atoms with van der Waals surface area (Å²) in [6.45, 7) is 0. The van der Waals surface area contributed by atoms with Crippen LogP contribution in [0.3, 0.4) is 0 Å². The number of nitrogens with zero attached hydrogens (tertiary/aromatic N) is 1. The van der Waals surface area contributed by atoms with E-state index in [4.69, 9.17) is 23.2 Å². The molecule has 4 heteroatoms. The van der Waals surface area contributed by atoms with Gasteiger partial charge in [-0.25, -0.2) is 4.98 Å². The van der Waals surface area contributed by atoms with Crippen molar-refractivity contribution < 1.29 is 0 Å². The summed E-state index contributed by atoms with van der Waals surface area (Å²) in [4.78, 5) is 4.04. The second-order valence-electron chi connectivity index (χ2n) is 2.45. The van der Waals surface area contributed by atoms with E-state index in [9.17, 15) is 0 Å². The predicted octanol–water partition coefficient (Wildman–Crippen LogP) is 3.92. The van der Waals surface area contributed by atoms with E-state index in [-0.39, 0.29) is 0 Å². The molecule has 2 rings (SSSR count). The fourth-order valence-electron chi connectivity index (χ4n) is 1.00. The van der Waals surface area contributed by atoms with Gasteiger partial charge in [-0.05, 0) is 18.2 Å². The van der Waals surface area contributed by atoms with Crippen molar-refractivity contribution in [3.05, 3.63) is 39.1 Å². The van der Waals surface area contributed by atoms with Crippen LogP contribution < -0.4 is 0 Å². The van der Waals surface area contributed by atoms with E-state index in [0.29, 0.717) is 10.0 Å². The van der Waals surface area contributed by atoms with Crippen molar-refractivity contribution in [3.63, 3.8) is 0 Å². The maximum absolute atomic E-state index is 5.98. The van der Waals surface area contributed by atoms with Crippen molar-refractivity contribution in [2.24, 2.45) is 0 Å². The number of hydrogen-bond donors (Lipinski definition) is 0. The average Bonchev–Trinajstić information content (AvgIpc) is 2.61. The topological polar surface area (TPSA) is 12.9 Å². The normalized spacial score (nSPS) is 10.3. The Morgan fingerprint density at radius 2 is 2.15 bits per heavy atom. The molecule has 1 aromatic heterocycles. The van der Waals surface area contributed by atoms with Gasteiger partial charge >= 0.3 is 0 Å². The van der Waals surface area contributed by atoms with Crippen LogP contribution >= 0.6 is 34.5 Å². The fourth-order valence-corrected chi connectivity index (χ4v) is 1.88. The number of aromatic nitrogens is 1. The van der Waals surface area contributed by atoms with E-state index in [1.807, 2.05) is 5.38 Å². The Morgan fingerprint density at radius 1 is 1.31 bits per heavy atom. The molecule has 0 amide bonds. The van der Waals surface area contributed by atoms with Crippen molar-refractivity contribution in [1.29, 1.82) is 0 Å². The zero-order valence-electron chi connectivity index (χ0n) is 6.42. The first-order valence-electron chi connectivity index (χ1n) is 3.54. The summed E-state index contributed by atoms with van der Waals surface area (Å²) in [5.41, 5.74) is 4.44. The highest BCUT2D eigenvalue weighted by Gasteiger charge is 2.05. The molecular formula is C9H4Cl2NS. The molecule has 1 heterocycles. The number of rotatable bonds is 1. The smallest absolute Gasteiger partial charge is 0.152 e. The van der Waals surface area contributed by atoms with Crippen molar-refractivity contribution in [3.8, 4) is 11.3 Å². The van der Waals surface area contributed by atoms with Crippen LogP contribution in [-0.4, -0.2) is 4.98 Å². The van der Waals surface area contributed by atoms with Gasteiger partial charge in [-0.2, -0.15) is 0 Å². The zero-order valence-corrected chi connectivity index (χ0v) is 8.75. The summed E-state index contributed by atoms with van der Waals surface area (Å²) >= 11 is 13.2. The van der Waals surface area contributed by atoms with Crippen LogP contribution in [-0.2, 0) is 0 Å². The van der Waals surface area contributed by atoms with Gasteiger partial charge < -0.3 is 0 Å². The second kappa shape index (κ2) is 3.66. The van der Waals surface area contributed by atoms with Crippen LogP contribution in [0, 0.1) is 5.51 Å². The fraction of sp³-hybridized carbons (Fsp3) is 0. The van der Waals surface area contributed by atoms with Crippen LogP contribution in [0.5, 0.6) is 0 Å². The molecule has 0 aliphatic heterocycles. The maximum atomic E-state index is 5.98. The molecule has 0 aliphatic rings. The van der Waals surface area contributed by atoms with E-state index in [1.54, 1.807) is 18.2 Å². The average molecular weight is 229 g/mol. The minimum Gasteiger partial charge on any atom is -0.233 e. The molecule has 0 unspecified atom stereocenters. The van der Waals surface area contributed by atoms with Crippen molar-refractivity contribution in [2.45, 2.75) is 0 Å². The van der Waals surface area contributed by atoms with E-state index >= 15 is 0 Å². The van der Waals surface area contributed by atoms with Gasteiger partial charge in [-0.15, -0.1) is 11.3 Å². The standard InChI is InChI=1S/C9H4Cl2NS/c10-6-1-2-8(11)7(3-6)9-4-13-5-12-9/h1-4H. The summed E-state index contributed by atoms with van der Waals surface area (Å²) in [5, 5.41) is 3.20. The highest BCUT2D eigenvalue weighted by molar-refractivity contribution is 7.07. The molecule has 1 radical (unpaired) electrons. The van der Waals surface area contributed by atoms with Gasteiger partial charge in [0.25, 0.3) is 0 Å². The lowest BCUT2D eigenvalue weighted by atomic mass is 10.2. The molecule has 2 aromatic rings. The Morgan fingerprint density at radius 3 is 2.85 bits per heavy atom. The van der Waals surface area contributed by atoms with Crippen LogP contribution in [0.1, 0.15) is 0 Å². The van der Waals surface area contributed by atoms with Crippen molar-refractivity contribution in [2.75, 3.05) is 0 Å². The van der Waals surface area contributed by atoms with Crippen molar-refractivity contribution >= 4 is 34.5 Å². The third-order valence-corrected chi connectivity index (χ3v) is 2.70.